The Kier molecular flexibility index (Phi) is 4.55. The van der Waals surface area contributed by atoms with Gasteiger partial charge in [0.2, 0.25) is 5.96 Å². The molecule has 3 aromatic carbocycles. The largest absolute Gasteiger partial charge is 0.325 e. The molecule has 0 aromatic heterocycles. The Morgan fingerprint density at radius 1 is 0.714 bits per heavy atom. The van der Waals surface area contributed by atoms with Crippen molar-refractivity contribution in [1.82, 2.24) is 5.43 Å². The number of hydrogen-bond donors (Lipinski definition) is 3. The molecule has 0 radical (unpaired) electrons. The van der Waals surface area contributed by atoms with Gasteiger partial charge in [-0.1, -0.05) is 24.3 Å². The average molecular weight is 371 g/mol. The Morgan fingerprint density at radius 2 is 1.46 bits per heavy atom. The van der Waals surface area contributed by atoms with E-state index in [4.69, 9.17) is 4.99 Å². The first-order chi connectivity index (χ1) is 13.4. The highest BCUT2D eigenvalue weighted by Crippen LogP contribution is 2.37. The molecule has 0 amide bonds. The number of hydrazine groups is 1. The van der Waals surface area contributed by atoms with E-state index >= 15 is 0 Å². The first-order valence-electron chi connectivity index (χ1n) is 9.58. The van der Waals surface area contributed by atoms with Crippen LogP contribution in [0.2, 0.25) is 0 Å². The van der Waals surface area contributed by atoms with Crippen molar-refractivity contribution in [2.45, 2.75) is 34.6 Å². The molecule has 4 rings (SSSR count). The SMILES string of the molecule is Cc1ccc(NC2=Nc3c(C)cc(-c4c(C)cccc4C)cc3NN2)cc1C. The summed E-state index contributed by atoms with van der Waals surface area (Å²) in [6.45, 7) is 10.7. The van der Waals surface area contributed by atoms with Crippen LogP contribution in [-0.4, -0.2) is 5.96 Å². The normalized spacial score (nSPS) is 12.5. The van der Waals surface area contributed by atoms with Gasteiger partial charge in [-0.2, -0.15) is 0 Å². The molecule has 3 N–H and O–H groups in total. The molecule has 1 aliphatic rings. The zero-order valence-corrected chi connectivity index (χ0v) is 17.1. The Balaban J connectivity index is 1.69. The van der Waals surface area contributed by atoms with Gasteiger partial charge < -0.3 is 5.32 Å². The quantitative estimate of drug-likeness (QED) is 0.524. The van der Waals surface area contributed by atoms with Crippen LogP contribution in [0.5, 0.6) is 0 Å². The van der Waals surface area contributed by atoms with Gasteiger partial charge in [-0.05, 0) is 97.8 Å². The lowest BCUT2D eigenvalue weighted by molar-refractivity contribution is 1.07. The fourth-order valence-electron chi connectivity index (χ4n) is 3.72. The van der Waals surface area contributed by atoms with Gasteiger partial charge in [-0.3, -0.25) is 10.9 Å². The second-order valence-electron chi connectivity index (χ2n) is 7.59. The zero-order chi connectivity index (χ0) is 19.8. The molecule has 1 aliphatic heterocycles. The van der Waals surface area contributed by atoms with Crippen LogP contribution < -0.4 is 16.2 Å². The number of rotatable bonds is 2. The molecule has 142 valence electrons. The van der Waals surface area contributed by atoms with E-state index in [0.29, 0.717) is 5.96 Å². The Morgan fingerprint density at radius 3 is 2.18 bits per heavy atom. The maximum atomic E-state index is 4.80. The van der Waals surface area contributed by atoms with E-state index in [1.165, 1.54) is 33.4 Å². The third kappa shape index (κ3) is 3.33. The number of aryl methyl sites for hydroxylation is 5. The summed E-state index contributed by atoms with van der Waals surface area (Å²) in [5.41, 5.74) is 18.2. The molecular formula is C24H26N4. The number of guanidine groups is 1. The second kappa shape index (κ2) is 7.04. The van der Waals surface area contributed by atoms with Gasteiger partial charge in [0, 0.05) is 5.69 Å². The van der Waals surface area contributed by atoms with Crippen LogP contribution in [0.25, 0.3) is 11.1 Å². The molecule has 0 atom stereocenters. The molecule has 0 saturated heterocycles. The van der Waals surface area contributed by atoms with Crippen molar-refractivity contribution in [2.24, 2.45) is 4.99 Å². The lowest BCUT2D eigenvalue weighted by Gasteiger charge is -2.23. The zero-order valence-electron chi connectivity index (χ0n) is 17.1. The summed E-state index contributed by atoms with van der Waals surface area (Å²) in [6.07, 6.45) is 0. The fourth-order valence-corrected chi connectivity index (χ4v) is 3.72. The summed E-state index contributed by atoms with van der Waals surface area (Å²) in [5.74, 6) is 0.693. The van der Waals surface area contributed by atoms with Crippen LogP contribution in [0.15, 0.2) is 53.5 Å². The van der Waals surface area contributed by atoms with Crippen molar-refractivity contribution in [1.29, 1.82) is 0 Å². The number of fused-ring (bicyclic) bond motifs is 1. The van der Waals surface area contributed by atoms with Gasteiger partial charge in [0.15, 0.2) is 0 Å². The molecule has 3 aromatic rings. The van der Waals surface area contributed by atoms with Gasteiger partial charge in [0.25, 0.3) is 0 Å². The monoisotopic (exact) mass is 370 g/mol. The Labute approximate surface area is 166 Å². The minimum atomic E-state index is 0.693. The number of hydrogen-bond acceptors (Lipinski definition) is 4. The van der Waals surface area contributed by atoms with Crippen molar-refractivity contribution < 1.29 is 0 Å². The molecule has 0 saturated carbocycles. The molecule has 4 nitrogen and oxygen atoms in total. The van der Waals surface area contributed by atoms with Gasteiger partial charge in [0.1, 0.15) is 0 Å². The topological polar surface area (TPSA) is 48.5 Å². The highest BCUT2D eigenvalue weighted by Gasteiger charge is 2.16. The molecule has 0 spiro atoms. The van der Waals surface area contributed by atoms with Crippen LogP contribution in [0.1, 0.15) is 27.8 Å². The summed E-state index contributed by atoms with van der Waals surface area (Å²) < 4.78 is 0. The molecule has 1 heterocycles. The number of nitrogens with zero attached hydrogens (tertiary/aromatic N) is 1. The predicted octanol–water partition coefficient (Wildman–Crippen LogP) is 5.93. The van der Waals surface area contributed by atoms with E-state index in [1.54, 1.807) is 0 Å². The number of aliphatic imine (C=N–C) groups is 1. The van der Waals surface area contributed by atoms with Gasteiger partial charge in [0.05, 0.1) is 11.4 Å². The maximum Gasteiger partial charge on any atom is 0.220 e. The smallest absolute Gasteiger partial charge is 0.220 e. The third-order valence-corrected chi connectivity index (χ3v) is 5.38. The van der Waals surface area contributed by atoms with E-state index in [9.17, 15) is 0 Å². The van der Waals surface area contributed by atoms with Crippen molar-refractivity contribution in [3.05, 3.63) is 76.3 Å². The van der Waals surface area contributed by atoms with Crippen molar-refractivity contribution in [3.8, 4) is 11.1 Å². The molecule has 28 heavy (non-hydrogen) atoms. The lowest BCUT2D eigenvalue weighted by Crippen LogP contribution is -2.37. The number of anilines is 2. The van der Waals surface area contributed by atoms with Crippen LogP contribution in [0, 0.1) is 34.6 Å². The fraction of sp³-hybridized carbons (Fsp3) is 0.208. The van der Waals surface area contributed by atoms with Crippen molar-refractivity contribution in [2.75, 3.05) is 10.7 Å². The van der Waals surface area contributed by atoms with Crippen LogP contribution in [0.3, 0.4) is 0 Å². The van der Waals surface area contributed by atoms with E-state index < -0.39 is 0 Å². The first-order valence-corrected chi connectivity index (χ1v) is 9.58. The third-order valence-electron chi connectivity index (χ3n) is 5.38. The molecule has 0 aliphatic carbocycles. The van der Waals surface area contributed by atoms with Crippen molar-refractivity contribution in [3.63, 3.8) is 0 Å². The number of nitrogens with one attached hydrogen (secondary N) is 3. The molecule has 0 unspecified atom stereocenters. The summed E-state index contributed by atoms with van der Waals surface area (Å²) in [7, 11) is 0. The minimum Gasteiger partial charge on any atom is -0.325 e. The highest BCUT2D eigenvalue weighted by atomic mass is 15.4. The standard InChI is InChI=1S/C24H26N4/c1-14-9-10-20(12-17(14)4)25-24-26-23-18(5)11-19(13-21(23)27-28-24)22-15(2)7-6-8-16(22)3/h6-13,27H,1-5H3,(H2,25,26,28). The molecule has 0 bridgehead atoms. The Hall–Kier alpha value is -3.27. The molecule has 4 heteroatoms. The Bertz CT molecular complexity index is 1080. The van der Waals surface area contributed by atoms with E-state index in [0.717, 1.165) is 22.6 Å². The van der Waals surface area contributed by atoms with Gasteiger partial charge in [-0.25, -0.2) is 4.99 Å². The minimum absolute atomic E-state index is 0.693. The van der Waals surface area contributed by atoms with Crippen LogP contribution in [-0.2, 0) is 0 Å². The predicted molar refractivity (Wildman–Crippen MR) is 119 cm³/mol. The summed E-state index contributed by atoms with van der Waals surface area (Å²) in [6, 6.07) is 17.1. The second-order valence-corrected chi connectivity index (χ2v) is 7.59. The van der Waals surface area contributed by atoms with Gasteiger partial charge in [-0.15, -0.1) is 0 Å². The summed E-state index contributed by atoms with van der Waals surface area (Å²) >= 11 is 0. The summed E-state index contributed by atoms with van der Waals surface area (Å²) in [4.78, 5) is 4.80. The van der Waals surface area contributed by atoms with E-state index in [1.807, 2.05) is 0 Å². The number of benzene rings is 3. The van der Waals surface area contributed by atoms with E-state index in [-0.39, 0.29) is 0 Å². The average Bonchev–Trinajstić information content (AvgIpc) is 2.65. The van der Waals surface area contributed by atoms with Gasteiger partial charge >= 0.3 is 0 Å². The maximum absolute atomic E-state index is 4.80. The molecule has 0 fully saturated rings. The highest BCUT2D eigenvalue weighted by molar-refractivity contribution is 6.00. The van der Waals surface area contributed by atoms with Crippen LogP contribution in [0.4, 0.5) is 17.1 Å². The van der Waals surface area contributed by atoms with E-state index in [2.05, 4.69) is 99.3 Å². The van der Waals surface area contributed by atoms with Crippen molar-refractivity contribution >= 4 is 23.0 Å². The molecular weight excluding hydrogens is 344 g/mol. The lowest BCUT2D eigenvalue weighted by atomic mass is 9.93. The first kappa shape index (κ1) is 18.1. The summed E-state index contributed by atoms with van der Waals surface area (Å²) in [5, 5.41) is 3.36. The van der Waals surface area contributed by atoms with Crippen LogP contribution >= 0.6 is 0 Å².